The number of carbonyl (C=O) groups is 2. The number of amides is 1. The highest BCUT2D eigenvalue weighted by Gasteiger charge is 2.33. The fourth-order valence-corrected chi connectivity index (χ4v) is 2.80. The van der Waals surface area contributed by atoms with Crippen molar-refractivity contribution in [3.63, 3.8) is 0 Å². The molecular weight excluding hydrogens is 288 g/mol. The van der Waals surface area contributed by atoms with Crippen LogP contribution < -0.4 is 0 Å². The molecule has 0 radical (unpaired) electrons. The van der Waals surface area contributed by atoms with Gasteiger partial charge in [0.15, 0.2) is 5.69 Å². The molecule has 2 aliphatic heterocycles. The molecule has 0 aromatic carbocycles. The standard InChI is InChI=1S/C15H20N2O5/c1-2-21-15(19)12-7-13(22-16-12)10-3-5-17(6-4-10)14(18)11-8-20-9-11/h7,10-11H,2-6,8-9H2,1H3. The number of hydrogen-bond acceptors (Lipinski definition) is 6. The molecule has 0 unspecified atom stereocenters. The summed E-state index contributed by atoms with van der Waals surface area (Å²) in [6.07, 6.45) is 1.63. The Labute approximate surface area is 128 Å². The molecule has 7 heteroatoms. The van der Waals surface area contributed by atoms with Gasteiger partial charge in [-0.1, -0.05) is 5.16 Å². The van der Waals surface area contributed by atoms with E-state index in [1.807, 2.05) is 4.90 Å². The van der Waals surface area contributed by atoms with Crippen LogP contribution >= 0.6 is 0 Å². The molecule has 120 valence electrons. The normalized spacial score (nSPS) is 19.8. The molecule has 2 fully saturated rings. The lowest BCUT2D eigenvalue weighted by Crippen LogP contribution is -2.47. The van der Waals surface area contributed by atoms with Crippen molar-refractivity contribution >= 4 is 11.9 Å². The molecule has 1 amide bonds. The largest absolute Gasteiger partial charge is 0.461 e. The van der Waals surface area contributed by atoms with Crippen molar-refractivity contribution in [1.82, 2.24) is 10.1 Å². The molecule has 2 aliphatic rings. The second kappa shape index (κ2) is 6.48. The summed E-state index contributed by atoms with van der Waals surface area (Å²) < 4.78 is 15.2. The maximum atomic E-state index is 12.1. The number of hydrogen-bond donors (Lipinski definition) is 0. The van der Waals surface area contributed by atoms with E-state index in [1.165, 1.54) is 0 Å². The summed E-state index contributed by atoms with van der Waals surface area (Å²) in [5.41, 5.74) is 0.210. The summed E-state index contributed by atoms with van der Waals surface area (Å²) in [6.45, 7) is 4.56. The van der Waals surface area contributed by atoms with Crippen molar-refractivity contribution in [2.75, 3.05) is 32.9 Å². The second-order valence-corrected chi connectivity index (χ2v) is 5.67. The summed E-state index contributed by atoms with van der Waals surface area (Å²) in [4.78, 5) is 25.6. The Morgan fingerprint density at radius 2 is 2.09 bits per heavy atom. The molecule has 22 heavy (non-hydrogen) atoms. The molecule has 0 N–H and O–H groups in total. The van der Waals surface area contributed by atoms with E-state index in [0.717, 1.165) is 12.8 Å². The lowest BCUT2D eigenvalue weighted by Gasteiger charge is -2.35. The first-order chi connectivity index (χ1) is 10.7. The van der Waals surface area contributed by atoms with E-state index in [4.69, 9.17) is 14.0 Å². The summed E-state index contributed by atoms with van der Waals surface area (Å²) in [6, 6.07) is 1.65. The maximum absolute atomic E-state index is 12.1. The van der Waals surface area contributed by atoms with E-state index in [-0.39, 0.29) is 23.4 Å². The van der Waals surface area contributed by atoms with Gasteiger partial charge in [0.2, 0.25) is 5.91 Å². The predicted octanol–water partition coefficient (Wildman–Crippen LogP) is 1.20. The molecule has 3 heterocycles. The highest BCUT2D eigenvalue weighted by atomic mass is 16.5. The van der Waals surface area contributed by atoms with E-state index in [2.05, 4.69) is 5.16 Å². The van der Waals surface area contributed by atoms with Crippen LogP contribution in [0, 0.1) is 5.92 Å². The Bertz CT molecular complexity index is 544. The van der Waals surface area contributed by atoms with Gasteiger partial charge < -0.3 is 18.9 Å². The molecule has 0 saturated carbocycles. The van der Waals surface area contributed by atoms with Crippen LogP contribution in [0.3, 0.4) is 0 Å². The van der Waals surface area contributed by atoms with Crippen LogP contribution in [0.4, 0.5) is 0 Å². The molecule has 0 spiro atoms. The predicted molar refractivity (Wildman–Crippen MR) is 75.3 cm³/mol. The molecule has 1 aromatic rings. The minimum absolute atomic E-state index is 0.0391. The Balaban J connectivity index is 1.55. The lowest BCUT2D eigenvalue weighted by molar-refractivity contribution is -0.151. The zero-order valence-electron chi connectivity index (χ0n) is 12.6. The van der Waals surface area contributed by atoms with Crippen LogP contribution in [-0.2, 0) is 14.3 Å². The van der Waals surface area contributed by atoms with Gasteiger partial charge in [-0.3, -0.25) is 4.79 Å². The van der Waals surface area contributed by atoms with Gasteiger partial charge in [-0.15, -0.1) is 0 Å². The highest BCUT2D eigenvalue weighted by Crippen LogP contribution is 2.29. The SMILES string of the molecule is CCOC(=O)c1cc(C2CCN(C(=O)C3COC3)CC2)on1. The quantitative estimate of drug-likeness (QED) is 0.777. The number of esters is 1. The van der Waals surface area contributed by atoms with Crippen molar-refractivity contribution in [2.45, 2.75) is 25.7 Å². The first-order valence-electron chi connectivity index (χ1n) is 7.69. The Morgan fingerprint density at radius 3 is 2.68 bits per heavy atom. The third-order valence-corrected chi connectivity index (χ3v) is 4.21. The monoisotopic (exact) mass is 308 g/mol. The molecule has 0 bridgehead atoms. The van der Waals surface area contributed by atoms with Crippen molar-refractivity contribution < 1.29 is 23.6 Å². The summed E-state index contributed by atoms with van der Waals surface area (Å²) in [5.74, 6) is 0.654. The zero-order chi connectivity index (χ0) is 15.5. The van der Waals surface area contributed by atoms with Gasteiger partial charge in [-0.05, 0) is 19.8 Å². The number of rotatable bonds is 4. The molecule has 7 nitrogen and oxygen atoms in total. The van der Waals surface area contributed by atoms with Gasteiger partial charge >= 0.3 is 5.97 Å². The minimum atomic E-state index is -0.463. The van der Waals surface area contributed by atoms with Crippen molar-refractivity contribution in [3.05, 3.63) is 17.5 Å². The van der Waals surface area contributed by atoms with Crippen LogP contribution in [0.5, 0.6) is 0 Å². The fraction of sp³-hybridized carbons (Fsp3) is 0.667. The van der Waals surface area contributed by atoms with Gasteiger partial charge in [-0.2, -0.15) is 0 Å². The third-order valence-electron chi connectivity index (χ3n) is 4.21. The summed E-state index contributed by atoms with van der Waals surface area (Å²) >= 11 is 0. The number of likely N-dealkylation sites (tertiary alicyclic amines) is 1. The summed E-state index contributed by atoms with van der Waals surface area (Å²) in [7, 11) is 0. The van der Waals surface area contributed by atoms with Crippen LogP contribution in [0.25, 0.3) is 0 Å². The molecule has 0 aliphatic carbocycles. The minimum Gasteiger partial charge on any atom is -0.461 e. The number of ether oxygens (including phenoxy) is 2. The van der Waals surface area contributed by atoms with Crippen LogP contribution in [0.15, 0.2) is 10.6 Å². The average molecular weight is 308 g/mol. The fourth-order valence-electron chi connectivity index (χ4n) is 2.80. The Hall–Kier alpha value is -1.89. The second-order valence-electron chi connectivity index (χ2n) is 5.67. The van der Waals surface area contributed by atoms with Gasteiger partial charge in [0.25, 0.3) is 0 Å². The number of carbonyl (C=O) groups excluding carboxylic acids is 2. The highest BCUT2D eigenvalue weighted by molar-refractivity contribution is 5.87. The van der Waals surface area contributed by atoms with Gasteiger partial charge in [0.05, 0.1) is 25.7 Å². The van der Waals surface area contributed by atoms with Gasteiger partial charge in [0, 0.05) is 25.1 Å². The topological polar surface area (TPSA) is 81.9 Å². The van der Waals surface area contributed by atoms with E-state index in [9.17, 15) is 9.59 Å². The van der Waals surface area contributed by atoms with Crippen molar-refractivity contribution in [2.24, 2.45) is 5.92 Å². The molecule has 3 rings (SSSR count). The Kier molecular flexibility index (Phi) is 4.42. The van der Waals surface area contributed by atoms with E-state index < -0.39 is 5.97 Å². The van der Waals surface area contributed by atoms with E-state index in [1.54, 1.807) is 13.0 Å². The van der Waals surface area contributed by atoms with Crippen molar-refractivity contribution in [1.29, 1.82) is 0 Å². The zero-order valence-corrected chi connectivity index (χ0v) is 12.6. The van der Waals surface area contributed by atoms with Crippen LogP contribution in [-0.4, -0.2) is 54.8 Å². The van der Waals surface area contributed by atoms with Gasteiger partial charge in [0.1, 0.15) is 5.76 Å². The van der Waals surface area contributed by atoms with Crippen LogP contribution in [0.1, 0.15) is 41.9 Å². The number of nitrogens with zero attached hydrogens (tertiary/aromatic N) is 2. The van der Waals surface area contributed by atoms with Crippen LogP contribution in [0.2, 0.25) is 0 Å². The molecule has 1 aromatic heterocycles. The number of piperidine rings is 1. The number of aromatic nitrogens is 1. The maximum Gasteiger partial charge on any atom is 0.360 e. The first-order valence-corrected chi connectivity index (χ1v) is 7.69. The molecule has 0 atom stereocenters. The van der Waals surface area contributed by atoms with E-state index >= 15 is 0 Å². The lowest BCUT2D eigenvalue weighted by atomic mass is 9.93. The third kappa shape index (κ3) is 2.99. The van der Waals surface area contributed by atoms with E-state index in [0.29, 0.717) is 38.7 Å². The smallest absolute Gasteiger partial charge is 0.360 e. The first kappa shape index (κ1) is 15.0. The molecule has 2 saturated heterocycles. The molecular formula is C15H20N2O5. The summed E-state index contributed by atoms with van der Waals surface area (Å²) in [5, 5.41) is 3.77. The average Bonchev–Trinajstić information content (AvgIpc) is 2.96. The van der Waals surface area contributed by atoms with Crippen molar-refractivity contribution in [3.8, 4) is 0 Å². The van der Waals surface area contributed by atoms with Gasteiger partial charge in [-0.25, -0.2) is 4.79 Å². The Morgan fingerprint density at radius 1 is 1.36 bits per heavy atom.